The SMILES string of the molecule is CC(C)c1ccncc1.CC(C)c1ccncn1.CC(C)c1ccnnc1.CC(C)c1ccno1.CC(C)c1ccns1.CC(C)c1cncs1.CC(C)c1cnn(C)c1.CC(C)c1ncno1.CC(C)c1ncns1.CC(C)c1nnco1. The quantitative estimate of drug-likeness (QED) is 0.124. The van der Waals surface area contributed by atoms with E-state index in [1.54, 1.807) is 60.3 Å². The summed E-state index contributed by atoms with van der Waals surface area (Å²) in [5, 5.41) is 26.9. The monoisotopic (exact) mass is 1210 g/mol. The average molecular weight is 1210 g/mol. The predicted octanol–water partition coefficient (Wildman–Crippen LogP) is 17.3. The molecule has 0 spiro atoms. The van der Waals surface area contributed by atoms with Crippen LogP contribution in [0.1, 0.15) is 252 Å². The zero-order valence-electron chi connectivity index (χ0n) is 53.5. The summed E-state index contributed by atoms with van der Waals surface area (Å²) in [6.07, 6.45) is 24.3. The molecule has 10 rings (SSSR count). The van der Waals surface area contributed by atoms with Gasteiger partial charge in [0.05, 0.1) is 24.1 Å². The molecule has 19 nitrogen and oxygen atoms in total. The van der Waals surface area contributed by atoms with E-state index in [1.807, 2.05) is 112 Å². The highest BCUT2D eigenvalue weighted by Crippen LogP contribution is 2.19. The third-order valence-corrected chi connectivity index (χ3v) is 14.0. The Hall–Kier alpha value is -7.17. The Morgan fingerprint density at radius 1 is 0.429 bits per heavy atom. The van der Waals surface area contributed by atoms with E-state index in [1.165, 1.54) is 50.7 Å². The van der Waals surface area contributed by atoms with Gasteiger partial charge in [-0.1, -0.05) is 149 Å². The van der Waals surface area contributed by atoms with E-state index in [0.717, 1.165) is 16.5 Å². The van der Waals surface area contributed by atoms with Crippen LogP contribution in [0.4, 0.5) is 0 Å². The lowest BCUT2D eigenvalue weighted by atomic mass is 10.1. The summed E-state index contributed by atoms with van der Waals surface area (Å²) >= 11 is 4.77. The highest BCUT2D eigenvalue weighted by Gasteiger charge is 2.05. The van der Waals surface area contributed by atoms with Gasteiger partial charge in [0.25, 0.3) is 0 Å². The normalized spacial score (nSPS) is 10.3. The summed E-state index contributed by atoms with van der Waals surface area (Å²) in [5.74, 6) is 7.58. The van der Waals surface area contributed by atoms with Gasteiger partial charge in [0.2, 0.25) is 18.2 Å². The molecule has 0 unspecified atom stereocenters. The molecule has 0 saturated heterocycles. The van der Waals surface area contributed by atoms with Gasteiger partial charge in [-0.05, 0) is 106 Å². The lowest BCUT2D eigenvalue weighted by Crippen LogP contribution is -1.90. The maximum absolute atomic E-state index is 4.87. The molecule has 458 valence electrons. The molecule has 0 radical (unpaired) electrons. The van der Waals surface area contributed by atoms with E-state index >= 15 is 0 Å². The molecule has 0 N–H and O–H groups in total. The van der Waals surface area contributed by atoms with Crippen molar-refractivity contribution in [2.75, 3.05) is 0 Å². The van der Waals surface area contributed by atoms with Crippen LogP contribution in [-0.2, 0) is 7.05 Å². The molecule has 0 aromatic carbocycles. The Morgan fingerprint density at radius 2 is 1.08 bits per heavy atom. The Bertz CT molecular complexity index is 2520. The maximum atomic E-state index is 4.87. The summed E-state index contributed by atoms with van der Waals surface area (Å²) in [4.78, 5) is 26.4. The van der Waals surface area contributed by atoms with Gasteiger partial charge in [0.15, 0.2) is 6.33 Å². The molecule has 0 saturated carbocycles. The standard InChI is InChI=1S/C8H11N.C7H12N2.2C7H10N2.C6H9NO.2C6H9NS.2C5H8N2O.C5H8N2S/c1-7(2)8-3-5-9-6-4-8;1-6(2)7-4-8-9(3)5-7;1-6(2)7-3-4-8-5-9-7;1-6(2)7-3-4-8-9-5-7;1-5(2)6-3-4-7-8-6;1-5(2)6-3-7-4-8-6;1-5(2)6-3-4-7-8-6;1-4(2)5-7-6-3-8-5;2*1-4(2)5-6-3-7-8-5/h3-7H,1-2H3;4-6H,1-3H3;2*3-6H,1-2H3;3*3-5H,1-2H3;3*3-4H,1-2H3. The molecule has 0 aliphatic rings. The Kier molecular flexibility index (Phi) is 39.5. The van der Waals surface area contributed by atoms with Crippen LogP contribution in [0.25, 0.3) is 0 Å². The van der Waals surface area contributed by atoms with Crippen LogP contribution in [0.3, 0.4) is 0 Å². The molecule has 10 aromatic heterocycles. The molecule has 0 atom stereocenters. The minimum atomic E-state index is 0.345. The van der Waals surface area contributed by atoms with Crippen LogP contribution in [0, 0.1) is 0 Å². The number of thiazole rings is 1. The smallest absolute Gasteiger partial charge is 0.228 e. The van der Waals surface area contributed by atoms with Gasteiger partial charge in [-0.15, -0.1) is 21.5 Å². The largest absolute Gasteiger partial charge is 0.428 e. The minimum absolute atomic E-state index is 0.345. The van der Waals surface area contributed by atoms with Crippen molar-refractivity contribution in [3.05, 3.63) is 184 Å². The first-order valence-electron chi connectivity index (χ1n) is 28.3. The number of aromatic nitrogens is 16. The van der Waals surface area contributed by atoms with Gasteiger partial charge < -0.3 is 13.5 Å². The van der Waals surface area contributed by atoms with E-state index in [4.69, 9.17) is 13.5 Å². The lowest BCUT2D eigenvalue weighted by molar-refractivity contribution is 0.364. The molecule has 84 heavy (non-hydrogen) atoms. The van der Waals surface area contributed by atoms with E-state index in [2.05, 4.69) is 191 Å². The summed E-state index contributed by atoms with van der Waals surface area (Å²) in [7, 11) is 1.94. The average Bonchev–Trinajstić information content (AvgIpc) is 4.37. The van der Waals surface area contributed by atoms with E-state index in [9.17, 15) is 0 Å². The summed E-state index contributed by atoms with van der Waals surface area (Å²) < 4.78 is 24.1. The highest BCUT2D eigenvalue weighted by molar-refractivity contribution is 7.09. The number of hydrogen-bond donors (Lipinski definition) is 0. The Balaban J connectivity index is 0.000000467. The van der Waals surface area contributed by atoms with Crippen molar-refractivity contribution in [2.45, 2.75) is 198 Å². The first-order chi connectivity index (χ1) is 39.9. The van der Waals surface area contributed by atoms with Crippen molar-refractivity contribution in [1.29, 1.82) is 0 Å². The van der Waals surface area contributed by atoms with Crippen LogP contribution in [-0.4, -0.2) is 79.1 Å². The third kappa shape index (κ3) is 35.1. The van der Waals surface area contributed by atoms with Crippen molar-refractivity contribution in [3.63, 3.8) is 0 Å². The van der Waals surface area contributed by atoms with E-state index in [-0.39, 0.29) is 0 Å². The summed E-state index contributed by atoms with van der Waals surface area (Å²) in [6.45, 7) is 42.3. The van der Waals surface area contributed by atoms with E-state index < -0.39 is 0 Å². The fourth-order valence-corrected chi connectivity index (χ4v) is 7.36. The number of aryl methyl sites for hydroxylation is 1. The molecule has 22 heteroatoms. The molecule has 0 aliphatic heterocycles. The van der Waals surface area contributed by atoms with Crippen LogP contribution >= 0.6 is 34.4 Å². The number of nitrogens with zero attached hydrogens (tertiary/aromatic N) is 16. The van der Waals surface area contributed by atoms with Crippen molar-refractivity contribution in [2.24, 2.45) is 7.05 Å². The zero-order chi connectivity index (χ0) is 62.8. The second-order valence-electron chi connectivity index (χ2n) is 21.7. The van der Waals surface area contributed by atoms with Crippen LogP contribution < -0.4 is 0 Å². The molecule has 0 amide bonds. The fraction of sp³-hybridized carbons (Fsp3) is 0.500. The highest BCUT2D eigenvalue weighted by atomic mass is 32.1. The van der Waals surface area contributed by atoms with Gasteiger partial charge in [0, 0.05) is 95.6 Å². The molecule has 0 fully saturated rings. The van der Waals surface area contributed by atoms with Crippen LogP contribution in [0.15, 0.2) is 143 Å². The van der Waals surface area contributed by atoms with Crippen molar-refractivity contribution >= 4 is 34.4 Å². The van der Waals surface area contributed by atoms with Gasteiger partial charge in [0.1, 0.15) is 23.4 Å². The number of hydrogen-bond acceptors (Lipinski definition) is 21. The van der Waals surface area contributed by atoms with Gasteiger partial charge in [-0.3, -0.25) is 14.6 Å². The minimum Gasteiger partial charge on any atom is -0.428 e. The zero-order valence-corrected chi connectivity index (χ0v) is 56.0. The Morgan fingerprint density at radius 3 is 1.36 bits per heavy atom. The molecular weight excluding hydrogens is 1110 g/mol. The summed E-state index contributed by atoms with van der Waals surface area (Å²) in [6, 6.07) is 12.0. The van der Waals surface area contributed by atoms with Crippen LogP contribution in [0.2, 0.25) is 0 Å². The topological polar surface area (TPSA) is 238 Å². The number of rotatable bonds is 10. The van der Waals surface area contributed by atoms with Crippen LogP contribution in [0.5, 0.6) is 0 Å². The second-order valence-corrected chi connectivity index (χ2v) is 24.2. The van der Waals surface area contributed by atoms with Crippen molar-refractivity contribution < 1.29 is 13.5 Å². The maximum Gasteiger partial charge on any atom is 0.228 e. The van der Waals surface area contributed by atoms with Crippen molar-refractivity contribution in [1.82, 2.24) is 79.1 Å². The number of pyridine rings is 1. The van der Waals surface area contributed by atoms with Gasteiger partial charge in [-0.25, -0.2) is 19.3 Å². The molecule has 0 aliphatic carbocycles. The second kappa shape index (κ2) is 44.4. The first kappa shape index (κ1) is 74.8. The predicted molar refractivity (Wildman–Crippen MR) is 342 cm³/mol. The lowest BCUT2D eigenvalue weighted by Gasteiger charge is -2.01. The molecule has 10 aromatic rings. The Labute approximate surface area is 512 Å². The third-order valence-electron chi connectivity index (χ3n) is 10.9. The first-order valence-corrected chi connectivity index (χ1v) is 30.8. The summed E-state index contributed by atoms with van der Waals surface area (Å²) in [5.41, 5.74) is 6.87. The fourth-order valence-electron chi connectivity index (χ4n) is 5.63. The molecular formula is C62H94N16O3S3. The molecule has 0 bridgehead atoms. The molecule has 10 heterocycles. The van der Waals surface area contributed by atoms with E-state index in [0.29, 0.717) is 71.0 Å². The van der Waals surface area contributed by atoms with Gasteiger partial charge in [-0.2, -0.15) is 24.7 Å². The van der Waals surface area contributed by atoms with Gasteiger partial charge >= 0.3 is 0 Å². The van der Waals surface area contributed by atoms with Crippen molar-refractivity contribution in [3.8, 4) is 0 Å².